The summed E-state index contributed by atoms with van der Waals surface area (Å²) in [4.78, 5) is 27.1. The molecule has 0 spiro atoms. The van der Waals surface area contributed by atoms with Crippen LogP contribution in [0, 0.1) is 11.3 Å². The first-order valence-electron chi connectivity index (χ1n) is 6.30. The van der Waals surface area contributed by atoms with E-state index in [1.165, 1.54) is 6.20 Å². The Hall–Kier alpha value is -3.15. The van der Waals surface area contributed by atoms with Crippen molar-refractivity contribution in [3.05, 3.63) is 23.1 Å². The number of hydrogen-bond donors (Lipinski definition) is 2. The van der Waals surface area contributed by atoms with Crippen LogP contribution in [0.15, 0.2) is 22.5 Å². The van der Waals surface area contributed by atoms with Crippen molar-refractivity contribution in [2.24, 2.45) is 4.99 Å². The second-order valence-electron chi connectivity index (χ2n) is 3.71. The van der Waals surface area contributed by atoms with E-state index in [1.54, 1.807) is 13.8 Å². The number of aliphatic imine (C=N–C) groups is 1. The van der Waals surface area contributed by atoms with Crippen LogP contribution in [0.4, 0.5) is 5.82 Å². The summed E-state index contributed by atoms with van der Waals surface area (Å²) in [5.74, 6) is -2.89. The number of aromatic nitrogens is 2. The monoisotopic (exact) mass is 306 g/mol. The molecule has 1 rings (SSSR count). The molecule has 0 saturated carbocycles. The Balaban J connectivity index is 3.17. The second-order valence-corrected chi connectivity index (χ2v) is 3.71. The van der Waals surface area contributed by atoms with Crippen molar-refractivity contribution in [3.63, 3.8) is 0 Å². The molecule has 0 atom stereocenters. The van der Waals surface area contributed by atoms with Crippen LogP contribution in [0.25, 0.3) is 0 Å². The Kier molecular flexibility index (Phi) is 6.31. The fraction of sp³-hybridized carbons (Fsp3) is 0.308. The molecular weight excluding hydrogens is 292 g/mol. The molecule has 2 N–H and O–H groups in total. The molecule has 1 heterocycles. The zero-order valence-electron chi connectivity index (χ0n) is 12.0. The van der Waals surface area contributed by atoms with E-state index in [0.29, 0.717) is 0 Å². The maximum Gasteiger partial charge on any atom is 0.374 e. The molecule has 0 aliphatic heterocycles. The molecule has 116 valence electrons. The number of aliphatic hydroxyl groups is 1. The Labute approximate surface area is 125 Å². The van der Waals surface area contributed by atoms with Gasteiger partial charge in [0.1, 0.15) is 17.2 Å². The number of rotatable bonds is 6. The number of carbonyl (C=O) groups is 2. The van der Waals surface area contributed by atoms with Crippen molar-refractivity contribution in [2.75, 3.05) is 13.2 Å². The smallest absolute Gasteiger partial charge is 0.374 e. The molecule has 1 aromatic rings. The van der Waals surface area contributed by atoms with Gasteiger partial charge in [-0.05, 0) is 13.8 Å². The number of ether oxygens (including phenoxy) is 2. The maximum absolute atomic E-state index is 11.8. The molecule has 0 aliphatic rings. The highest BCUT2D eigenvalue weighted by Crippen LogP contribution is 2.14. The average molecular weight is 306 g/mol. The highest BCUT2D eigenvalue weighted by atomic mass is 16.5. The lowest BCUT2D eigenvalue weighted by Gasteiger charge is -2.05. The molecule has 0 aliphatic carbocycles. The number of aliphatic hydroxyl groups excluding tert-OH is 1. The van der Waals surface area contributed by atoms with E-state index in [-0.39, 0.29) is 24.6 Å². The van der Waals surface area contributed by atoms with Crippen LogP contribution in [0.3, 0.4) is 0 Å². The van der Waals surface area contributed by atoms with Gasteiger partial charge in [-0.15, -0.1) is 0 Å². The minimum absolute atomic E-state index is 0.0231. The first-order valence-corrected chi connectivity index (χ1v) is 6.30. The van der Waals surface area contributed by atoms with Crippen molar-refractivity contribution in [1.82, 2.24) is 10.2 Å². The average Bonchev–Trinajstić information content (AvgIpc) is 2.95. The summed E-state index contributed by atoms with van der Waals surface area (Å²) in [6, 6.07) is 1.83. The van der Waals surface area contributed by atoms with Crippen LogP contribution in [0.5, 0.6) is 0 Å². The van der Waals surface area contributed by atoms with E-state index in [2.05, 4.69) is 19.9 Å². The Bertz CT molecular complexity index is 654. The standard InChI is InChI=1S/C13H14N4O5/c1-3-21-12(19)9(10(18)13(20)22-4-2)7-15-11-8(5-14)6-16-17-11/h6-7,18H,3-4H2,1-2H3,(H,16,17)/b10-9-,15-7+. The quantitative estimate of drug-likeness (QED) is 0.345. The summed E-state index contributed by atoms with van der Waals surface area (Å²) >= 11 is 0. The Morgan fingerprint density at radius 1 is 1.41 bits per heavy atom. The second kappa shape index (κ2) is 8.21. The lowest BCUT2D eigenvalue weighted by Crippen LogP contribution is -2.17. The summed E-state index contributed by atoms with van der Waals surface area (Å²) in [5.41, 5.74) is -0.353. The third-order valence-electron chi connectivity index (χ3n) is 2.28. The van der Waals surface area contributed by atoms with Crippen LogP contribution < -0.4 is 0 Å². The van der Waals surface area contributed by atoms with Gasteiger partial charge in [-0.2, -0.15) is 10.4 Å². The van der Waals surface area contributed by atoms with Gasteiger partial charge in [0.25, 0.3) is 0 Å². The third-order valence-corrected chi connectivity index (χ3v) is 2.28. The maximum atomic E-state index is 11.8. The van der Waals surface area contributed by atoms with Gasteiger partial charge in [-0.1, -0.05) is 0 Å². The van der Waals surface area contributed by atoms with Crippen molar-refractivity contribution in [3.8, 4) is 6.07 Å². The van der Waals surface area contributed by atoms with Gasteiger partial charge in [0.05, 0.1) is 19.4 Å². The summed E-state index contributed by atoms with van der Waals surface area (Å²) in [7, 11) is 0. The molecule has 0 saturated heterocycles. The summed E-state index contributed by atoms with van der Waals surface area (Å²) < 4.78 is 9.34. The predicted octanol–water partition coefficient (Wildman–Crippen LogP) is 0.922. The summed E-state index contributed by atoms with van der Waals surface area (Å²) in [6.07, 6.45) is 2.14. The van der Waals surface area contributed by atoms with Gasteiger partial charge < -0.3 is 14.6 Å². The largest absolute Gasteiger partial charge is 0.501 e. The number of esters is 2. The minimum Gasteiger partial charge on any atom is -0.501 e. The van der Waals surface area contributed by atoms with Crippen LogP contribution in [0.1, 0.15) is 19.4 Å². The topological polar surface area (TPSA) is 138 Å². The van der Waals surface area contributed by atoms with Crippen LogP contribution in [0.2, 0.25) is 0 Å². The summed E-state index contributed by atoms with van der Waals surface area (Å²) in [5, 5.41) is 24.7. The van der Waals surface area contributed by atoms with Crippen molar-refractivity contribution >= 4 is 24.0 Å². The number of nitrogens with zero attached hydrogens (tertiary/aromatic N) is 3. The van der Waals surface area contributed by atoms with Gasteiger partial charge in [0, 0.05) is 6.21 Å². The van der Waals surface area contributed by atoms with Crippen LogP contribution in [-0.4, -0.2) is 46.7 Å². The molecule has 0 unspecified atom stereocenters. The fourth-order valence-corrected chi connectivity index (χ4v) is 1.32. The number of H-pyrrole nitrogens is 1. The number of hydrogen-bond acceptors (Lipinski definition) is 8. The van der Waals surface area contributed by atoms with Gasteiger partial charge in [-0.3, -0.25) is 5.10 Å². The van der Waals surface area contributed by atoms with Gasteiger partial charge in [-0.25, -0.2) is 14.6 Å². The van der Waals surface area contributed by atoms with Crippen LogP contribution >= 0.6 is 0 Å². The third kappa shape index (κ3) is 4.17. The number of nitrogens with one attached hydrogen (secondary N) is 1. The molecule has 0 radical (unpaired) electrons. The lowest BCUT2D eigenvalue weighted by molar-refractivity contribution is -0.143. The highest BCUT2D eigenvalue weighted by molar-refractivity contribution is 6.14. The zero-order valence-corrected chi connectivity index (χ0v) is 12.0. The van der Waals surface area contributed by atoms with E-state index in [4.69, 9.17) is 10.00 Å². The molecule has 9 heteroatoms. The number of aromatic amines is 1. The summed E-state index contributed by atoms with van der Waals surface area (Å²) in [6.45, 7) is 3.18. The van der Waals surface area contributed by atoms with E-state index in [0.717, 1.165) is 6.21 Å². The predicted molar refractivity (Wildman–Crippen MR) is 74.4 cm³/mol. The fourth-order valence-electron chi connectivity index (χ4n) is 1.32. The van der Waals surface area contributed by atoms with Crippen LogP contribution in [-0.2, 0) is 19.1 Å². The first kappa shape index (κ1) is 16.9. The highest BCUT2D eigenvalue weighted by Gasteiger charge is 2.21. The molecule has 22 heavy (non-hydrogen) atoms. The molecule has 0 amide bonds. The van der Waals surface area contributed by atoms with E-state index >= 15 is 0 Å². The normalized spacial score (nSPS) is 11.7. The molecule has 0 fully saturated rings. The Morgan fingerprint density at radius 2 is 2.05 bits per heavy atom. The minimum atomic E-state index is -1.08. The van der Waals surface area contributed by atoms with E-state index in [9.17, 15) is 14.7 Å². The van der Waals surface area contributed by atoms with E-state index in [1.807, 2.05) is 6.07 Å². The molecule has 0 aromatic carbocycles. The number of nitriles is 1. The zero-order chi connectivity index (χ0) is 16.5. The number of carbonyl (C=O) groups excluding carboxylic acids is 2. The van der Waals surface area contributed by atoms with E-state index < -0.39 is 23.3 Å². The first-order chi connectivity index (χ1) is 10.5. The van der Waals surface area contributed by atoms with Crippen molar-refractivity contribution in [2.45, 2.75) is 13.8 Å². The van der Waals surface area contributed by atoms with Crippen molar-refractivity contribution < 1.29 is 24.2 Å². The molecule has 0 bridgehead atoms. The molecule has 9 nitrogen and oxygen atoms in total. The van der Waals surface area contributed by atoms with Gasteiger partial charge >= 0.3 is 11.9 Å². The van der Waals surface area contributed by atoms with Gasteiger partial charge in [0.2, 0.25) is 5.76 Å². The Morgan fingerprint density at radius 3 is 2.64 bits per heavy atom. The van der Waals surface area contributed by atoms with Gasteiger partial charge in [0.15, 0.2) is 5.82 Å². The lowest BCUT2D eigenvalue weighted by atomic mass is 10.2. The van der Waals surface area contributed by atoms with Crippen molar-refractivity contribution in [1.29, 1.82) is 5.26 Å². The molecule has 1 aromatic heterocycles. The molecular formula is C13H14N4O5. The SMILES string of the molecule is CCOC(=O)/C(O)=C(\C=N\c1[nH]ncc1C#N)C(=O)OCC.